The molecule has 0 aromatic carbocycles. The molecule has 9 heteroatoms. The van der Waals surface area contributed by atoms with Crippen molar-refractivity contribution < 1.29 is 42.9 Å². The summed E-state index contributed by atoms with van der Waals surface area (Å²) in [4.78, 5) is 49.5. The average molecular weight is 455 g/mol. The number of terminal acetylenes is 1. The largest absolute Gasteiger partial charge is 0.454 e. The second kappa shape index (κ2) is 11.9. The molecular weight excluding hydrogens is 420 g/mol. The first-order chi connectivity index (χ1) is 14.8. The maximum absolute atomic E-state index is 12.5. The van der Waals surface area contributed by atoms with Crippen molar-refractivity contribution in [1.29, 1.82) is 0 Å². The number of hydrogen-bond donors (Lipinski definition) is 0. The lowest BCUT2D eigenvalue weighted by Gasteiger charge is -2.43. The van der Waals surface area contributed by atoms with E-state index in [1.807, 2.05) is 0 Å². The van der Waals surface area contributed by atoms with Crippen molar-refractivity contribution in [3.8, 4) is 12.3 Å². The smallest absolute Gasteiger partial charge is 0.310 e. The molecule has 0 N–H and O–H groups in total. The fourth-order valence-corrected chi connectivity index (χ4v) is 2.49. The fourth-order valence-electron chi connectivity index (χ4n) is 2.49. The van der Waals surface area contributed by atoms with Gasteiger partial charge < -0.3 is 23.7 Å². The first-order valence-corrected chi connectivity index (χ1v) is 10.7. The molecule has 1 fully saturated rings. The van der Waals surface area contributed by atoms with E-state index in [2.05, 4.69) is 5.92 Å². The molecule has 1 saturated heterocycles. The van der Waals surface area contributed by atoms with Gasteiger partial charge in [0.05, 0.1) is 23.7 Å². The molecule has 32 heavy (non-hydrogen) atoms. The van der Waals surface area contributed by atoms with Crippen LogP contribution in [0.1, 0.15) is 55.4 Å². The van der Waals surface area contributed by atoms with Gasteiger partial charge in [-0.1, -0.05) is 61.3 Å². The Morgan fingerprint density at radius 2 is 0.969 bits per heavy atom. The summed E-state index contributed by atoms with van der Waals surface area (Å²) in [6.07, 6.45) is -1.13. The van der Waals surface area contributed by atoms with Gasteiger partial charge in [0.15, 0.2) is 18.3 Å². The third-order valence-electron chi connectivity index (χ3n) is 4.53. The summed E-state index contributed by atoms with van der Waals surface area (Å²) in [5.41, 5.74) is 0. The van der Waals surface area contributed by atoms with E-state index >= 15 is 0 Å². The SMILES string of the molecule is C#C[C@@H]1O[C@@H](OC(=O)C(C)C)[C@@H](OC(=O)C(C)C)[C@H](OC(=O)C(C)C)[C@@H]1OC(=O)C(C)C. The highest BCUT2D eigenvalue weighted by molar-refractivity contribution is 5.74. The molecule has 9 nitrogen and oxygen atoms in total. The van der Waals surface area contributed by atoms with Gasteiger partial charge in [0.1, 0.15) is 0 Å². The minimum atomic E-state index is -1.47. The van der Waals surface area contributed by atoms with Gasteiger partial charge in [0.2, 0.25) is 12.4 Å². The van der Waals surface area contributed by atoms with Crippen molar-refractivity contribution in [1.82, 2.24) is 0 Å². The van der Waals surface area contributed by atoms with E-state index < -0.39 is 78.3 Å². The van der Waals surface area contributed by atoms with Crippen LogP contribution in [0.2, 0.25) is 0 Å². The van der Waals surface area contributed by atoms with Gasteiger partial charge in [-0.3, -0.25) is 19.2 Å². The lowest BCUT2D eigenvalue weighted by Crippen LogP contribution is -2.62. The molecule has 0 unspecified atom stereocenters. The maximum Gasteiger partial charge on any atom is 0.310 e. The summed E-state index contributed by atoms with van der Waals surface area (Å²) < 4.78 is 27.7. The number of ether oxygens (including phenoxy) is 5. The van der Waals surface area contributed by atoms with Crippen molar-refractivity contribution in [3.63, 3.8) is 0 Å². The molecule has 0 aliphatic carbocycles. The number of carbonyl (C=O) groups excluding carboxylic acids is 4. The minimum absolute atomic E-state index is 0.511. The third-order valence-corrected chi connectivity index (χ3v) is 4.53. The molecule has 0 aromatic heterocycles. The van der Waals surface area contributed by atoms with E-state index in [0.717, 1.165) is 0 Å². The highest BCUT2D eigenvalue weighted by Gasteiger charge is 2.54. The zero-order valence-electron chi connectivity index (χ0n) is 19.9. The molecule has 0 amide bonds. The molecule has 1 aliphatic rings. The Morgan fingerprint density at radius 1 is 0.625 bits per heavy atom. The summed E-state index contributed by atoms with van der Waals surface area (Å²) in [5.74, 6) is -2.31. The lowest BCUT2D eigenvalue weighted by atomic mass is 9.97. The molecule has 1 heterocycles. The summed E-state index contributed by atoms with van der Waals surface area (Å²) in [6.45, 7) is 12.9. The molecule has 180 valence electrons. The van der Waals surface area contributed by atoms with Crippen molar-refractivity contribution in [3.05, 3.63) is 0 Å². The molecule has 0 saturated carbocycles. The number of hydrogen-bond acceptors (Lipinski definition) is 9. The molecule has 0 aromatic rings. The molecule has 0 bridgehead atoms. The van der Waals surface area contributed by atoms with E-state index in [-0.39, 0.29) is 0 Å². The van der Waals surface area contributed by atoms with Crippen LogP contribution in [0.4, 0.5) is 0 Å². The number of carbonyl (C=O) groups is 4. The maximum atomic E-state index is 12.5. The fraction of sp³-hybridized carbons (Fsp3) is 0.739. The first kappa shape index (κ1) is 27.4. The standard InChI is InChI=1S/C23H34O9/c1-10-15-16(29-19(24)11(2)3)17(30-20(25)12(4)5)18(31-21(26)13(6)7)23(28-15)32-22(27)14(8)9/h1,11-18,23H,2-9H3/t15-,16+,17+,18-,23-/m0/s1. The topological polar surface area (TPSA) is 114 Å². The second-order valence-corrected chi connectivity index (χ2v) is 8.85. The van der Waals surface area contributed by atoms with E-state index in [4.69, 9.17) is 30.1 Å². The molecular formula is C23H34O9. The van der Waals surface area contributed by atoms with Gasteiger partial charge in [-0.2, -0.15) is 0 Å². The Morgan fingerprint density at radius 3 is 1.34 bits per heavy atom. The van der Waals surface area contributed by atoms with E-state index in [1.165, 1.54) is 0 Å². The van der Waals surface area contributed by atoms with Gasteiger partial charge >= 0.3 is 23.9 Å². The lowest BCUT2D eigenvalue weighted by molar-refractivity contribution is -0.290. The summed E-state index contributed by atoms with van der Waals surface area (Å²) in [5, 5.41) is 0. The third kappa shape index (κ3) is 7.23. The molecule has 0 spiro atoms. The van der Waals surface area contributed by atoms with Crippen LogP contribution in [-0.4, -0.2) is 54.6 Å². The summed E-state index contributed by atoms with van der Waals surface area (Å²) in [7, 11) is 0. The minimum Gasteiger partial charge on any atom is -0.454 e. The van der Waals surface area contributed by atoms with Crippen molar-refractivity contribution >= 4 is 23.9 Å². The Balaban J connectivity index is 3.47. The highest BCUT2D eigenvalue weighted by atomic mass is 16.7. The quantitative estimate of drug-likeness (QED) is 0.309. The van der Waals surface area contributed by atoms with Gasteiger partial charge in [-0.15, -0.1) is 6.42 Å². The Hall–Kier alpha value is -2.60. The van der Waals surface area contributed by atoms with Crippen molar-refractivity contribution in [2.45, 2.75) is 86.1 Å². The van der Waals surface area contributed by atoms with Gasteiger partial charge in [-0.25, -0.2) is 0 Å². The normalized spacial score (nSPS) is 25.4. The summed E-state index contributed by atoms with van der Waals surface area (Å²) >= 11 is 0. The highest BCUT2D eigenvalue weighted by Crippen LogP contribution is 2.31. The van der Waals surface area contributed by atoms with Crippen LogP contribution in [0, 0.1) is 36.0 Å². The van der Waals surface area contributed by atoms with Crippen LogP contribution in [0.5, 0.6) is 0 Å². The molecule has 1 rings (SSSR count). The molecule has 1 aliphatic heterocycles. The van der Waals surface area contributed by atoms with Crippen LogP contribution in [0.25, 0.3) is 0 Å². The van der Waals surface area contributed by atoms with Crippen molar-refractivity contribution in [2.24, 2.45) is 23.7 Å². The zero-order chi connectivity index (χ0) is 24.7. The van der Waals surface area contributed by atoms with Gasteiger partial charge in [0, 0.05) is 0 Å². The van der Waals surface area contributed by atoms with Crippen LogP contribution in [0.3, 0.4) is 0 Å². The molecule has 5 atom stereocenters. The predicted molar refractivity (Wildman–Crippen MR) is 113 cm³/mol. The van der Waals surface area contributed by atoms with Crippen molar-refractivity contribution in [2.75, 3.05) is 0 Å². The van der Waals surface area contributed by atoms with E-state index in [1.54, 1.807) is 55.4 Å². The van der Waals surface area contributed by atoms with Crippen LogP contribution >= 0.6 is 0 Å². The monoisotopic (exact) mass is 454 g/mol. The summed E-state index contributed by atoms with van der Waals surface area (Å²) in [6, 6.07) is 0. The molecule has 0 radical (unpaired) electrons. The van der Waals surface area contributed by atoms with Crippen LogP contribution < -0.4 is 0 Å². The zero-order valence-corrected chi connectivity index (χ0v) is 19.9. The number of rotatable bonds is 8. The Bertz CT molecular complexity index is 732. The van der Waals surface area contributed by atoms with E-state index in [9.17, 15) is 19.2 Å². The second-order valence-electron chi connectivity index (χ2n) is 8.85. The average Bonchev–Trinajstić information content (AvgIpc) is 2.70. The Labute approximate surface area is 189 Å². The van der Waals surface area contributed by atoms with E-state index in [0.29, 0.717) is 0 Å². The van der Waals surface area contributed by atoms with Gasteiger partial charge in [0.25, 0.3) is 0 Å². The number of esters is 4. The first-order valence-electron chi connectivity index (χ1n) is 10.7. The van der Waals surface area contributed by atoms with Crippen LogP contribution in [0.15, 0.2) is 0 Å². The Kier molecular flexibility index (Phi) is 10.2. The van der Waals surface area contributed by atoms with Crippen LogP contribution in [-0.2, 0) is 42.9 Å². The van der Waals surface area contributed by atoms with Gasteiger partial charge in [-0.05, 0) is 0 Å². The predicted octanol–water partition coefficient (Wildman–Crippen LogP) is 2.25.